The zero-order valence-corrected chi connectivity index (χ0v) is 12.2. The van der Waals surface area contributed by atoms with Gasteiger partial charge in [0, 0.05) is 24.1 Å². The van der Waals surface area contributed by atoms with Gasteiger partial charge in [0.25, 0.3) is 17.5 Å². The fraction of sp³-hybridized carbons (Fsp3) is 0.357. The molecule has 1 aliphatic rings. The van der Waals surface area contributed by atoms with Gasteiger partial charge >= 0.3 is 0 Å². The first-order valence-electron chi connectivity index (χ1n) is 6.70. The number of rotatable bonds is 6. The molecule has 1 aliphatic heterocycles. The van der Waals surface area contributed by atoms with Crippen molar-refractivity contribution >= 4 is 11.6 Å². The highest BCUT2D eigenvalue weighted by molar-refractivity contribution is 5.80. The first-order valence-corrected chi connectivity index (χ1v) is 6.70. The summed E-state index contributed by atoms with van der Waals surface area (Å²) in [5, 5.41) is 19.2. The molecule has 1 aromatic carbocycles. The summed E-state index contributed by atoms with van der Waals surface area (Å²) in [6, 6.07) is 4.71. The molecule has 127 valence electrons. The monoisotopic (exact) mass is 340 g/mol. The van der Waals surface area contributed by atoms with Crippen LogP contribution in [0.15, 0.2) is 18.2 Å². The lowest BCUT2D eigenvalue weighted by Crippen LogP contribution is -2.44. The second-order valence-corrected chi connectivity index (χ2v) is 4.98. The third-order valence-electron chi connectivity index (χ3n) is 3.37. The number of carbonyl (C=O) groups is 1. The molecule has 1 atom stereocenters. The van der Waals surface area contributed by atoms with Crippen LogP contribution in [0.25, 0.3) is 0 Å². The minimum Gasteiger partial charge on any atom is -0.480 e. The van der Waals surface area contributed by atoms with E-state index in [4.69, 9.17) is 15.7 Å². The van der Waals surface area contributed by atoms with E-state index in [1.807, 2.05) is 0 Å². The SMILES string of the molecule is N#CCOCC(F)(F)[C]1C[C@H](C(N)=O)Oc2ccc([N+](=O)[O-])cc21. The Balaban J connectivity index is 2.42. The Kier molecular flexibility index (Phi) is 4.94. The highest BCUT2D eigenvalue weighted by Gasteiger charge is 2.48. The van der Waals surface area contributed by atoms with Crippen LogP contribution in [0.4, 0.5) is 14.5 Å². The first-order chi connectivity index (χ1) is 11.3. The van der Waals surface area contributed by atoms with Gasteiger partial charge in [0.15, 0.2) is 6.10 Å². The van der Waals surface area contributed by atoms with E-state index >= 15 is 0 Å². The minimum absolute atomic E-state index is 0.106. The quantitative estimate of drug-likeness (QED) is 0.472. The lowest BCUT2D eigenvalue weighted by molar-refractivity contribution is -0.385. The largest absolute Gasteiger partial charge is 0.480 e. The number of nitriles is 1. The summed E-state index contributed by atoms with van der Waals surface area (Å²) in [5.41, 5.74) is 4.54. The number of non-ortho nitro benzene ring substituents is 1. The lowest BCUT2D eigenvalue weighted by atomic mass is 9.84. The smallest absolute Gasteiger partial charge is 0.281 e. The lowest BCUT2D eigenvalue weighted by Gasteiger charge is -2.34. The molecule has 0 saturated heterocycles. The molecule has 8 nitrogen and oxygen atoms in total. The van der Waals surface area contributed by atoms with E-state index in [0.717, 1.165) is 18.2 Å². The molecule has 0 saturated carbocycles. The molecule has 1 radical (unpaired) electrons. The van der Waals surface area contributed by atoms with Crippen molar-refractivity contribution in [1.82, 2.24) is 0 Å². The molecule has 10 heteroatoms. The summed E-state index contributed by atoms with van der Waals surface area (Å²) in [5.74, 6) is -5.16. The van der Waals surface area contributed by atoms with Crippen LogP contribution in [0.2, 0.25) is 0 Å². The van der Waals surface area contributed by atoms with Crippen LogP contribution in [0.5, 0.6) is 5.75 Å². The Bertz CT molecular complexity index is 704. The van der Waals surface area contributed by atoms with Gasteiger partial charge in [-0.1, -0.05) is 0 Å². The van der Waals surface area contributed by atoms with E-state index in [9.17, 15) is 23.7 Å². The Morgan fingerprint density at radius 2 is 2.29 bits per heavy atom. The predicted molar refractivity (Wildman–Crippen MR) is 75.0 cm³/mol. The number of carbonyl (C=O) groups excluding carboxylic acids is 1. The van der Waals surface area contributed by atoms with Crippen LogP contribution in [-0.2, 0) is 9.53 Å². The van der Waals surface area contributed by atoms with E-state index in [1.165, 1.54) is 0 Å². The third-order valence-corrected chi connectivity index (χ3v) is 3.37. The zero-order chi connectivity index (χ0) is 17.9. The number of nitro groups is 1. The number of benzene rings is 1. The van der Waals surface area contributed by atoms with Crippen LogP contribution in [0, 0.1) is 27.4 Å². The van der Waals surface area contributed by atoms with Gasteiger partial charge in [-0.05, 0) is 6.07 Å². The summed E-state index contributed by atoms with van der Waals surface area (Å²) in [6.07, 6.45) is -1.86. The van der Waals surface area contributed by atoms with E-state index in [2.05, 4.69) is 4.74 Å². The van der Waals surface area contributed by atoms with Crippen molar-refractivity contribution in [2.75, 3.05) is 13.2 Å². The van der Waals surface area contributed by atoms with Crippen LogP contribution in [0.3, 0.4) is 0 Å². The van der Waals surface area contributed by atoms with Gasteiger partial charge < -0.3 is 15.2 Å². The maximum atomic E-state index is 14.4. The van der Waals surface area contributed by atoms with Crippen LogP contribution < -0.4 is 10.5 Å². The molecule has 1 aromatic rings. The number of ether oxygens (including phenoxy) is 2. The summed E-state index contributed by atoms with van der Waals surface area (Å²) in [4.78, 5) is 21.5. The van der Waals surface area contributed by atoms with Gasteiger partial charge in [0.2, 0.25) is 0 Å². The molecule has 0 aliphatic carbocycles. The van der Waals surface area contributed by atoms with Crippen molar-refractivity contribution in [1.29, 1.82) is 5.26 Å². The van der Waals surface area contributed by atoms with Gasteiger partial charge in [-0.2, -0.15) is 5.26 Å². The molecule has 2 N–H and O–H groups in total. The first kappa shape index (κ1) is 17.6. The van der Waals surface area contributed by atoms with Gasteiger partial charge in [-0.3, -0.25) is 14.9 Å². The molecule has 24 heavy (non-hydrogen) atoms. The third kappa shape index (κ3) is 3.57. The normalized spacial score (nSPS) is 17.5. The van der Waals surface area contributed by atoms with Crippen LogP contribution in [0.1, 0.15) is 12.0 Å². The molecule has 0 bridgehead atoms. The topological polar surface area (TPSA) is 128 Å². The van der Waals surface area contributed by atoms with Gasteiger partial charge in [0.05, 0.1) is 16.9 Å². The van der Waals surface area contributed by atoms with Crippen molar-refractivity contribution in [2.45, 2.75) is 18.4 Å². The Morgan fingerprint density at radius 3 is 2.88 bits per heavy atom. The summed E-state index contributed by atoms with van der Waals surface area (Å²) in [6.45, 7) is -1.65. The minimum atomic E-state index is -3.56. The van der Waals surface area contributed by atoms with Crippen LogP contribution >= 0.6 is 0 Å². The number of primary amides is 1. The van der Waals surface area contributed by atoms with Crippen molar-refractivity contribution < 1.29 is 28.0 Å². The van der Waals surface area contributed by atoms with Crippen molar-refractivity contribution in [3.05, 3.63) is 39.8 Å². The summed E-state index contributed by atoms with van der Waals surface area (Å²) < 4.78 is 38.7. The summed E-state index contributed by atoms with van der Waals surface area (Å²) >= 11 is 0. The molecule has 2 rings (SSSR count). The number of nitrogens with two attached hydrogens (primary N) is 1. The molecular formula is C14H12F2N3O5. The van der Waals surface area contributed by atoms with Gasteiger partial charge in [-0.15, -0.1) is 0 Å². The van der Waals surface area contributed by atoms with Gasteiger partial charge in [-0.25, -0.2) is 8.78 Å². The summed E-state index contributed by atoms with van der Waals surface area (Å²) in [7, 11) is 0. The fourth-order valence-corrected chi connectivity index (χ4v) is 2.28. The highest BCUT2D eigenvalue weighted by Crippen LogP contribution is 2.45. The molecular weight excluding hydrogens is 328 g/mol. The number of amides is 1. The maximum Gasteiger partial charge on any atom is 0.281 e. The molecule has 0 spiro atoms. The molecule has 0 unspecified atom stereocenters. The standard InChI is InChI=1S/C14H12F2N3O5/c15-14(16,7-23-4-3-17)10-6-12(13(18)20)24-11-2-1-8(19(21)22)5-9(10)11/h1-2,5,12H,4,6-7H2,(H2,18,20)/t12-/m1/s1. The molecule has 0 fully saturated rings. The van der Waals surface area contributed by atoms with E-state index in [0.29, 0.717) is 0 Å². The Hall–Kier alpha value is -2.80. The number of nitrogens with zero attached hydrogens (tertiary/aromatic N) is 2. The highest BCUT2D eigenvalue weighted by atomic mass is 19.3. The number of nitro benzene ring substituents is 1. The Labute approximate surface area is 134 Å². The number of fused-ring (bicyclic) bond motifs is 1. The molecule has 1 amide bonds. The van der Waals surface area contributed by atoms with Crippen LogP contribution in [-0.4, -0.2) is 36.1 Å². The Morgan fingerprint density at radius 1 is 1.58 bits per heavy atom. The van der Waals surface area contributed by atoms with E-state index in [1.54, 1.807) is 6.07 Å². The average Bonchev–Trinajstić information content (AvgIpc) is 2.53. The number of hydrogen-bond donors (Lipinski definition) is 1. The number of hydrogen-bond acceptors (Lipinski definition) is 6. The van der Waals surface area contributed by atoms with Gasteiger partial charge in [0.1, 0.15) is 19.0 Å². The van der Waals surface area contributed by atoms with Crippen molar-refractivity contribution in [3.8, 4) is 11.8 Å². The van der Waals surface area contributed by atoms with Crippen molar-refractivity contribution in [2.24, 2.45) is 5.73 Å². The predicted octanol–water partition coefficient (Wildman–Crippen LogP) is 1.33. The van der Waals surface area contributed by atoms with Crippen molar-refractivity contribution in [3.63, 3.8) is 0 Å². The fourth-order valence-electron chi connectivity index (χ4n) is 2.28. The maximum absolute atomic E-state index is 14.4. The average molecular weight is 340 g/mol. The second kappa shape index (κ2) is 6.76. The second-order valence-electron chi connectivity index (χ2n) is 4.98. The molecule has 0 aromatic heterocycles. The van der Waals surface area contributed by atoms with E-state index in [-0.39, 0.29) is 11.3 Å². The number of halogens is 2. The van der Waals surface area contributed by atoms with E-state index < -0.39 is 54.1 Å². The molecule has 1 heterocycles. The number of alkyl halides is 2. The zero-order valence-electron chi connectivity index (χ0n) is 12.2.